The second-order valence-electron chi connectivity index (χ2n) is 6.79. The van der Waals surface area contributed by atoms with Gasteiger partial charge in [-0.25, -0.2) is 4.79 Å². The Balaban J connectivity index is 0.00000392. The molecule has 6 nitrogen and oxygen atoms in total. The molecule has 2 rings (SSSR count). The lowest BCUT2D eigenvalue weighted by molar-refractivity contribution is 0.0963. The van der Waals surface area contributed by atoms with E-state index in [4.69, 9.17) is 9.73 Å². The van der Waals surface area contributed by atoms with E-state index in [9.17, 15) is 4.79 Å². The third-order valence-corrected chi connectivity index (χ3v) is 4.81. The summed E-state index contributed by atoms with van der Waals surface area (Å²) < 4.78 is 5.08. The van der Waals surface area contributed by atoms with E-state index in [0.29, 0.717) is 12.6 Å². The molecule has 0 radical (unpaired) electrons. The molecule has 1 saturated heterocycles. The number of likely N-dealkylation sites (tertiary alicyclic amines) is 1. The average molecular weight is 502 g/mol. The van der Waals surface area contributed by atoms with Gasteiger partial charge in [-0.05, 0) is 50.7 Å². The van der Waals surface area contributed by atoms with Crippen molar-refractivity contribution in [1.82, 2.24) is 15.5 Å². The summed E-state index contributed by atoms with van der Waals surface area (Å²) >= 11 is 0. The maximum Gasteiger partial charge on any atom is 0.409 e. The van der Waals surface area contributed by atoms with Crippen LogP contribution in [0, 0.1) is 0 Å². The molecule has 158 valence electrons. The summed E-state index contributed by atoms with van der Waals surface area (Å²) in [4.78, 5) is 18.3. The van der Waals surface area contributed by atoms with E-state index in [1.165, 1.54) is 11.1 Å². The first-order valence-corrected chi connectivity index (χ1v) is 10.2. The van der Waals surface area contributed by atoms with Gasteiger partial charge in [0.05, 0.1) is 6.61 Å². The zero-order valence-corrected chi connectivity index (χ0v) is 19.7. The van der Waals surface area contributed by atoms with Crippen molar-refractivity contribution >= 4 is 36.0 Å². The van der Waals surface area contributed by atoms with E-state index in [1.54, 1.807) is 4.90 Å². The number of halogens is 1. The first-order chi connectivity index (χ1) is 13.2. The van der Waals surface area contributed by atoms with Crippen molar-refractivity contribution in [3.05, 3.63) is 35.4 Å². The fourth-order valence-corrected chi connectivity index (χ4v) is 3.17. The Hall–Kier alpha value is -1.51. The van der Waals surface area contributed by atoms with Gasteiger partial charge in [-0.2, -0.15) is 0 Å². The number of rotatable bonds is 7. The SMILES string of the molecule is CCNC(=NCCc1ccc(CC)cc1)NC1CCN(C(=O)OCC)CC1.I. The third-order valence-electron chi connectivity index (χ3n) is 4.81. The summed E-state index contributed by atoms with van der Waals surface area (Å²) in [5.74, 6) is 0.859. The highest BCUT2D eigenvalue weighted by molar-refractivity contribution is 14.0. The number of nitrogens with zero attached hydrogens (tertiary/aromatic N) is 2. The van der Waals surface area contributed by atoms with Crippen molar-refractivity contribution < 1.29 is 9.53 Å². The Labute approximate surface area is 186 Å². The van der Waals surface area contributed by atoms with E-state index < -0.39 is 0 Å². The molecule has 1 fully saturated rings. The number of aryl methyl sites for hydroxylation is 1. The van der Waals surface area contributed by atoms with Crippen LogP contribution in [-0.4, -0.2) is 55.8 Å². The van der Waals surface area contributed by atoms with Crippen LogP contribution >= 0.6 is 24.0 Å². The minimum absolute atomic E-state index is 0. The van der Waals surface area contributed by atoms with Crippen molar-refractivity contribution in [2.45, 2.75) is 52.5 Å². The Kier molecular flexibility index (Phi) is 11.9. The quantitative estimate of drug-likeness (QED) is 0.340. The molecule has 1 aromatic carbocycles. The van der Waals surface area contributed by atoms with Crippen LogP contribution in [0.3, 0.4) is 0 Å². The number of benzene rings is 1. The van der Waals surface area contributed by atoms with Crippen LogP contribution in [0.15, 0.2) is 29.3 Å². The van der Waals surface area contributed by atoms with Crippen LogP contribution in [0.2, 0.25) is 0 Å². The molecule has 28 heavy (non-hydrogen) atoms. The van der Waals surface area contributed by atoms with E-state index in [-0.39, 0.29) is 30.1 Å². The van der Waals surface area contributed by atoms with E-state index in [2.05, 4.69) is 48.7 Å². The van der Waals surface area contributed by atoms with Gasteiger partial charge in [0.2, 0.25) is 0 Å². The third kappa shape index (κ3) is 8.24. The summed E-state index contributed by atoms with van der Waals surface area (Å²) in [5, 5.41) is 6.84. The zero-order chi connectivity index (χ0) is 19.5. The number of carbonyl (C=O) groups is 1. The van der Waals surface area contributed by atoms with Crippen LogP contribution in [0.4, 0.5) is 4.79 Å². The van der Waals surface area contributed by atoms with Gasteiger partial charge >= 0.3 is 6.09 Å². The van der Waals surface area contributed by atoms with Crippen molar-refractivity contribution in [2.75, 3.05) is 32.8 Å². The number of amides is 1. The summed E-state index contributed by atoms with van der Waals surface area (Å²) in [6.45, 7) is 9.54. The van der Waals surface area contributed by atoms with Gasteiger partial charge in [0, 0.05) is 32.2 Å². The molecule has 0 atom stereocenters. The predicted molar refractivity (Wildman–Crippen MR) is 126 cm³/mol. The number of guanidine groups is 1. The van der Waals surface area contributed by atoms with Crippen molar-refractivity contribution in [3.63, 3.8) is 0 Å². The highest BCUT2D eigenvalue weighted by Gasteiger charge is 2.23. The largest absolute Gasteiger partial charge is 0.450 e. The van der Waals surface area contributed by atoms with Gasteiger partial charge in [0.15, 0.2) is 5.96 Å². The molecule has 0 bridgehead atoms. The fraction of sp³-hybridized carbons (Fsp3) is 0.619. The number of hydrogen-bond acceptors (Lipinski definition) is 3. The Bertz CT molecular complexity index is 599. The summed E-state index contributed by atoms with van der Waals surface area (Å²) in [6, 6.07) is 9.11. The lowest BCUT2D eigenvalue weighted by Gasteiger charge is -2.32. The van der Waals surface area contributed by atoms with Crippen LogP contribution in [0.1, 0.15) is 44.7 Å². The number of hydrogen-bond donors (Lipinski definition) is 2. The normalized spacial score (nSPS) is 15.0. The van der Waals surface area contributed by atoms with E-state index in [0.717, 1.165) is 57.8 Å². The molecular weight excluding hydrogens is 467 g/mol. The predicted octanol–water partition coefficient (Wildman–Crippen LogP) is 3.59. The molecule has 0 unspecified atom stereocenters. The van der Waals surface area contributed by atoms with Crippen LogP contribution in [0.25, 0.3) is 0 Å². The molecule has 1 heterocycles. The molecule has 0 aromatic heterocycles. The van der Waals surface area contributed by atoms with Gasteiger partial charge in [-0.3, -0.25) is 4.99 Å². The number of aliphatic imine (C=N–C) groups is 1. The van der Waals surface area contributed by atoms with Gasteiger partial charge < -0.3 is 20.3 Å². The summed E-state index contributed by atoms with van der Waals surface area (Å²) in [5.41, 5.74) is 2.68. The van der Waals surface area contributed by atoms with Gasteiger partial charge in [0.25, 0.3) is 0 Å². The molecule has 0 saturated carbocycles. The molecule has 0 aliphatic carbocycles. The molecule has 2 N–H and O–H groups in total. The highest BCUT2D eigenvalue weighted by Crippen LogP contribution is 2.11. The maximum absolute atomic E-state index is 11.8. The van der Waals surface area contributed by atoms with E-state index >= 15 is 0 Å². The number of nitrogens with one attached hydrogen (secondary N) is 2. The summed E-state index contributed by atoms with van der Waals surface area (Å²) in [6.07, 6.45) is 3.61. The Morgan fingerprint density at radius 3 is 2.36 bits per heavy atom. The Morgan fingerprint density at radius 1 is 1.14 bits per heavy atom. The minimum Gasteiger partial charge on any atom is -0.450 e. The van der Waals surface area contributed by atoms with Gasteiger partial charge in [0.1, 0.15) is 0 Å². The van der Waals surface area contributed by atoms with E-state index in [1.807, 2.05) is 6.92 Å². The highest BCUT2D eigenvalue weighted by atomic mass is 127. The van der Waals surface area contributed by atoms with Crippen molar-refractivity contribution in [3.8, 4) is 0 Å². The van der Waals surface area contributed by atoms with Crippen LogP contribution in [-0.2, 0) is 17.6 Å². The molecule has 1 aliphatic rings. The standard InChI is InChI=1S/C21H34N4O2.HI/c1-4-17-7-9-18(10-8-17)11-14-23-20(22-5-2)24-19-12-15-25(16-13-19)21(26)27-6-3;/h7-10,19H,4-6,11-16H2,1-3H3,(H2,22,23,24);1H. The first-order valence-electron chi connectivity index (χ1n) is 10.2. The topological polar surface area (TPSA) is 66.0 Å². The second kappa shape index (κ2) is 13.6. The molecule has 1 amide bonds. The number of piperidine rings is 1. The van der Waals surface area contributed by atoms with Crippen molar-refractivity contribution in [1.29, 1.82) is 0 Å². The second-order valence-corrected chi connectivity index (χ2v) is 6.79. The van der Waals surface area contributed by atoms with Crippen molar-refractivity contribution in [2.24, 2.45) is 4.99 Å². The first kappa shape index (κ1) is 24.5. The minimum atomic E-state index is -0.203. The zero-order valence-electron chi connectivity index (χ0n) is 17.4. The van der Waals surface area contributed by atoms with Gasteiger partial charge in [-0.15, -0.1) is 24.0 Å². The molecule has 1 aliphatic heterocycles. The average Bonchev–Trinajstić information content (AvgIpc) is 2.69. The number of ether oxygens (including phenoxy) is 1. The maximum atomic E-state index is 11.8. The summed E-state index contributed by atoms with van der Waals surface area (Å²) in [7, 11) is 0. The van der Waals surface area contributed by atoms with Crippen LogP contribution in [0.5, 0.6) is 0 Å². The Morgan fingerprint density at radius 2 is 1.79 bits per heavy atom. The van der Waals surface area contributed by atoms with Gasteiger partial charge in [-0.1, -0.05) is 31.2 Å². The fourth-order valence-electron chi connectivity index (χ4n) is 3.17. The van der Waals surface area contributed by atoms with Crippen LogP contribution < -0.4 is 10.6 Å². The molecule has 7 heteroatoms. The lowest BCUT2D eigenvalue weighted by atomic mass is 10.1. The molecule has 0 spiro atoms. The lowest BCUT2D eigenvalue weighted by Crippen LogP contribution is -2.50. The molecular formula is C21H35IN4O2. The smallest absolute Gasteiger partial charge is 0.409 e. The monoisotopic (exact) mass is 502 g/mol. The molecule has 1 aromatic rings. The number of carbonyl (C=O) groups excluding carboxylic acids is 1.